The molecule has 2 heterocycles. The molecule has 0 spiro atoms. The molecule has 0 aliphatic carbocycles. The SMILES string of the molecule is CCCCCOc1cccc(C2C(=C(O)c3ccc(OCC)cc3)C(=O)C(=O)N2c2nnc(SCc3ccccc3)s2)c1. The molecule has 0 saturated carbocycles. The van der Waals surface area contributed by atoms with Crippen LogP contribution in [-0.4, -0.2) is 40.2 Å². The summed E-state index contributed by atoms with van der Waals surface area (Å²) in [6.07, 6.45) is 3.06. The highest BCUT2D eigenvalue weighted by Crippen LogP contribution is 2.44. The second kappa shape index (κ2) is 14.3. The number of unbranched alkanes of at least 4 members (excludes halogenated alkanes) is 2. The number of anilines is 1. The van der Waals surface area contributed by atoms with Crippen LogP contribution in [0.5, 0.6) is 11.5 Å². The summed E-state index contributed by atoms with van der Waals surface area (Å²) >= 11 is 2.74. The predicted octanol–water partition coefficient (Wildman–Crippen LogP) is 7.42. The van der Waals surface area contributed by atoms with E-state index in [0.717, 1.165) is 24.8 Å². The Morgan fingerprint density at radius 3 is 2.47 bits per heavy atom. The molecule has 1 fully saturated rings. The lowest BCUT2D eigenvalue weighted by atomic mass is 9.95. The first-order chi connectivity index (χ1) is 21.0. The molecule has 1 atom stereocenters. The smallest absolute Gasteiger partial charge is 0.301 e. The number of amides is 1. The number of ketones is 1. The third-order valence-corrected chi connectivity index (χ3v) is 9.01. The molecule has 43 heavy (non-hydrogen) atoms. The largest absolute Gasteiger partial charge is 0.507 e. The number of benzene rings is 3. The zero-order chi connectivity index (χ0) is 30.2. The summed E-state index contributed by atoms with van der Waals surface area (Å²) in [5, 5.41) is 20.4. The van der Waals surface area contributed by atoms with Crippen molar-refractivity contribution in [3.63, 3.8) is 0 Å². The van der Waals surface area contributed by atoms with Crippen molar-refractivity contribution in [3.8, 4) is 11.5 Å². The van der Waals surface area contributed by atoms with E-state index in [1.165, 1.54) is 28.0 Å². The molecule has 3 aromatic carbocycles. The summed E-state index contributed by atoms with van der Waals surface area (Å²) < 4.78 is 12.2. The molecule has 10 heteroatoms. The van der Waals surface area contributed by atoms with E-state index in [1.807, 2.05) is 61.5 Å². The standard InChI is InChI=1S/C33H33N3O5S2/c1-3-5-9-19-41-26-14-10-13-24(20-26)28-27(29(37)23-15-17-25(18-16-23)40-4-2)30(38)31(39)36(28)32-34-35-33(43-32)42-21-22-11-7-6-8-12-22/h6-8,10-18,20,28,37H,3-5,9,19,21H2,1-2H3. The van der Waals surface area contributed by atoms with Gasteiger partial charge >= 0.3 is 5.91 Å². The van der Waals surface area contributed by atoms with Gasteiger partial charge in [0.2, 0.25) is 5.13 Å². The monoisotopic (exact) mass is 615 g/mol. The van der Waals surface area contributed by atoms with E-state index in [4.69, 9.17) is 9.47 Å². The van der Waals surface area contributed by atoms with Crippen molar-refractivity contribution in [2.75, 3.05) is 18.1 Å². The number of Topliss-reactive ketones (excluding diaryl/α,β-unsaturated/α-hetero) is 1. The van der Waals surface area contributed by atoms with E-state index in [-0.39, 0.29) is 16.5 Å². The molecule has 1 unspecified atom stereocenters. The van der Waals surface area contributed by atoms with Gasteiger partial charge in [0, 0.05) is 11.3 Å². The third-order valence-electron chi connectivity index (χ3n) is 6.88. The Labute approximate surface area is 259 Å². The van der Waals surface area contributed by atoms with Crippen LogP contribution in [0.1, 0.15) is 55.8 Å². The molecule has 5 rings (SSSR count). The fourth-order valence-electron chi connectivity index (χ4n) is 4.77. The van der Waals surface area contributed by atoms with Gasteiger partial charge in [-0.15, -0.1) is 10.2 Å². The van der Waals surface area contributed by atoms with Crippen molar-refractivity contribution in [2.45, 2.75) is 49.2 Å². The fourth-order valence-corrected chi connectivity index (χ4v) is 6.59. The molecule has 0 radical (unpaired) electrons. The summed E-state index contributed by atoms with van der Waals surface area (Å²) in [4.78, 5) is 28.5. The maximum absolute atomic E-state index is 13.6. The molecule has 1 amide bonds. The molecule has 1 aliphatic rings. The van der Waals surface area contributed by atoms with Crippen LogP contribution in [0, 0.1) is 0 Å². The van der Waals surface area contributed by atoms with E-state index in [0.29, 0.717) is 45.9 Å². The van der Waals surface area contributed by atoms with Crippen molar-refractivity contribution in [1.29, 1.82) is 0 Å². The highest BCUT2D eigenvalue weighted by atomic mass is 32.2. The summed E-state index contributed by atoms with van der Waals surface area (Å²) in [6.45, 7) is 5.08. The summed E-state index contributed by atoms with van der Waals surface area (Å²) in [5.41, 5.74) is 2.13. The van der Waals surface area contributed by atoms with Crippen molar-refractivity contribution >= 4 is 45.7 Å². The van der Waals surface area contributed by atoms with Crippen LogP contribution in [0.2, 0.25) is 0 Å². The van der Waals surface area contributed by atoms with E-state index in [9.17, 15) is 14.7 Å². The van der Waals surface area contributed by atoms with Gasteiger partial charge in [0.05, 0.1) is 24.8 Å². The maximum atomic E-state index is 13.6. The number of hydrogen-bond donors (Lipinski definition) is 1. The average Bonchev–Trinajstić information content (AvgIpc) is 3.61. The minimum absolute atomic E-state index is 0.0222. The van der Waals surface area contributed by atoms with Crippen molar-refractivity contribution in [1.82, 2.24) is 10.2 Å². The molecule has 8 nitrogen and oxygen atoms in total. The van der Waals surface area contributed by atoms with Crippen LogP contribution in [0.25, 0.3) is 5.76 Å². The quantitative estimate of drug-likeness (QED) is 0.0414. The van der Waals surface area contributed by atoms with Crippen LogP contribution in [0.3, 0.4) is 0 Å². The van der Waals surface area contributed by atoms with Crippen LogP contribution in [0.15, 0.2) is 88.8 Å². The van der Waals surface area contributed by atoms with Gasteiger partial charge in [-0.25, -0.2) is 0 Å². The van der Waals surface area contributed by atoms with Gasteiger partial charge in [-0.3, -0.25) is 14.5 Å². The number of carbonyl (C=O) groups is 2. The Balaban J connectivity index is 1.52. The minimum Gasteiger partial charge on any atom is -0.507 e. The Kier molecular flexibility index (Phi) is 10.1. The molecule has 1 aromatic heterocycles. The Morgan fingerprint density at radius 1 is 0.930 bits per heavy atom. The number of aliphatic hydroxyl groups is 1. The predicted molar refractivity (Wildman–Crippen MR) is 170 cm³/mol. The van der Waals surface area contributed by atoms with Gasteiger partial charge in [0.15, 0.2) is 4.34 Å². The molecule has 4 aromatic rings. The highest BCUT2D eigenvalue weighted by molar-refractivity contribution is 8.00. The molecule has 1 saturated heterocycles. The number of ether oxygens (including phenoxy) is 2. The zero-order valence-corrected chi connectivity index (χ0v) is 25.7. The summed E-state index contributed by atoms with van der Waals surface area (Å²) in [5.74, 6) is 0.107. The molecule has 1 aliphatic heterocycles. The van der Waals surface area contributed by atoms with Crippen molar-refractivity contribution in [3.05, 3.63) is 101 Å². The number of aromatic nitrogens is 2. The first kappa shape index (κ1) is 30.3. The normalized spacial score (nSPS) is 16.0. The Morgan fingerprint density at radius 2 is 1.72 bits per heavy atom. The second-order valence-electron chi connectivity index (χ2n) is 9.88. The summed E-state index contributed by atoms with van der Waals surface area (Å²) in [6, 6.07) is 23.1. The van der Waals surface area contributed by atoms with Crippen LogP contribution in [-0.2, 0) is 15.3 Å². The first-order valence-corrected chi connectivity index (χ1v) is 16.1. The molecule has 0 bridgehead atoms. The number of aliphatic hydroxyl groups excluding tert-OH is 1. The van der Waals surface area contributed by atoms with Crippen LogP contribution in [0.4, 0.5) is 5.13 Å². The van der Waals surface area contributed by atoms with E-state index < -0.39 is 17.7 Å². The Bertz CT molecular complexity index is 1590. The lowest BCUT2D eigenvalue weighted by Gasteiger charge is -2.23. The minimum atomic E-state index is -0.925. The number of carbonyl (C=O) groups excluding carboxylic acids is 2. The lowest BCUT2D eigenvalue weighted by molar-refractivity contribution is -0.132. The van der Waals surface area contributed by atoms with E-state index in [2.05, 4.69) is 17.1 Å². The van der Waals surface area contributed by atoms with Crippen molar-refractivity contribution < 1.29 is 24.2 Å². The average molecular weight is 616 g/mol. The number of thioether (sulfide) groups is 1. The molecule has 222 valence electrons. The maximum Gasteiger partial charge on any atom is 0.301 e. The van der Waals surface area contributed by atoms with E-state index >= 15 is 0 Å². The van der Waals surface area contributed by atoms with Crippen LogP contribution < -0.4 is 14.4 Å². The Hall–Kier alpha value is -4.15. The first-order valence-electron chi connectivity index (χ1n) is 14.3. The van der Waals surface area contributed by atoms with Gasteiger partial charge in [-0.05, 0) is 60.9 Å². The van der Waals surface area contributed by atoms with Gasteiger partial charge in [0.1, 0.15) is 17.3 Å². The third kappa shape index (κ3) is 7.09. The van der Waals surface area contributed by atoms with Crippen LogP contribution >= 0.6 is 23.1 Å². The number of rotatable bonds is 13. The van der Waals surface area contributed by atoms with Crippen molar-refractivity contribution in [2.24, 2.45) is 0 Å². The molecular weight excluding hydrogens is 583 g/mol. The fraction of sp³-hybridized carbons (Fsp3) is 0.273. The van der Waals surface area contributed by atoms with E-state index in [1.54, 1.807) is 24.3 Å². The molecule has 1 N–H and O–H groups in total. The van der Waals surface area contributed by atoms with Gasteiger partial charge in [-0.2, -0.15) is 0 Å². The lowest BCUT2D eigenvalue weighted by Crippen LogP contribution is -2.29. The molecular formula is C33H33N3O5S2. The summed E-state index contributed by atoms with van der Waals surface area (Å²) in [7, 11) is 0. The van der Waals surface area contributed by atoms with Gasteiger partial charge in [-0.1, -0.05) is 85.3 Å². The van der Waals surface area contributed by atoms with Gasteiger partial charge in [0.25, 0.3) is 5.78 Å². The second-order valence-corrected chi connectivity index (χ2v) is 12.1. The van der Waals surface area contributed by atoms with Gasteiger partial charge < -0.3 is 14.6 Å². The number of nitrogens with zero attached hydrogens (tertiary/aromatic N) is 3. The highest BCUT2D eigenvalue weighted by Gasteiger charge is 2.48. The topological polar surface area (TPSA) is 102 Å². The number of hydrogen-bond acceptors (Lipinski definition) is 9. The zero-order valence-electron chi connectivity index (χ0n) is 24.1.